The zero-order chi connectivity index (χ0) is 9.54. The normalized spacial score (nSPS) is 17.6. The SMILES string of the molecule is CSC1=C2c3ccccc3N2CC=C1. The highest BCUT2D eigenvalue weighted by molar-refractivity contribution is 8.02. The van der Waals surface area contributed by atoms with E-state index in [0.717, 1.165) is 6.54 Å². The maximum atomic E-state index is 2.38. The molecule has 0 atom stereocenters. The summed E-state index contributed by atoms with van der Waals surface area (Å²) in [6, 6.07) is 8.61. The third-order valence-electron chi connectivity index (χ3n) is 2.73. The highest BCUT2D eigenvalue weighted by atomic mass is 32.2. The van der Waals surface area contributed by atoms with Gasteiger partial charge in [0.15, 0.2) is 0 Å². The summed E-state index contributed by atoms with van der Waals surface area (Å²) in [6.07, 6.45) is 6.59. The Morgan fingerprint density at radius 1 is 1.29 bits per heavy atom. The van der Waals surface area contributed by atoms with Crippen molar-refractivity contribution in [2.24, 2.45) is 0 Å². The summed E-state index contributed by atoms with van der Waals surface area (Å²) in [5, 5.41) is 0. The van der Waals surface area contributed by atoms with Gasteiger partial charge in [0.1, 0.15) is 0 Å². The van der Waals surface area contributed by atoms with E-state index in [4.69, 9.17) is 0 Å². The molecule has 2 aliphatic rings. The Bertz CT molecular complexity index is 445. The highest BCUT2D eigenvalue weighted by Gasteiger charge is 2.31. The summed E-state index contributed by atoms with van der Waals surface area (Å²) in [5.74, 6) is 0. The lowest BCUT2D eigenvalue weighted by Gasteiger charge is -2.41. The van der Waals surface area contributed by atoms with Gasteiger partial charge in [-0.2, -0.15) is 0 Å². The van der Waals surface area contributed by atoms with Crippen LogP contribution < -0.4 is 4.90 Å². The molecular weight excluding hydrogens is 190 g/mol. The van der Waals surface area contributed by atoms with Crippen LogP contribution in [-0.4, -0.2) is 12.8 Å². The van der Waals surface area contributed by atoms with E-state index in [0.29, 0.717) is 0 Å². The molecule has 0 saturated heterocycles. The average molecular weight is 201 g/mol. The molecule has 0 amide bonds. The van der Waals surface area contributed by atoms with E-state index in [1.807, 2.05) is 11.8 Å². The first-order chi connectivity index (χ1) is 6.92. The second-order valence-corrected chi connectivity index (χ2v) is 4.30. The quantitative estimate of drug-likeness (QED) is 0.687. The van der Waals surface area contributed by atoms with Crippen molar-refractivity contribution in [3.63, 3.8) is 0 Å². The van der Waals surface area contributed by atoms with Gasteiger partial charge < -0.3 is 4.90 Å². The number of hydrogen-bond acceptors (Lipinski definition) is 2. The Morgan fingerprint density at radius 3 is 3.00 bits per heavy atom. The van der Waals surface area contributed by atoms with Crippen LogP contribution in [-0.2, 0) is 0 Å². The topological polar surface area (TPSA) is 3.24 Å². The molecule has 0 radical (unpaired) electrons. The monoisotopic (exact) mass is 201 g/mol. The number of benzene rings is 1. The van der Waals surface area contributed by atoms with Crippen LogP contribution in [0.4, 0.5) is 5.69 Å². The molecule has 0 saturated carbocycles. The standard InChI is InChI=1S/C12H11NS/c1-14-11-7-4-8-13-10-6-3-2-5-9(10)12(11)13/h2-7H,8H2,1H3. The third kappa shape index (κ3) is 0.919. The van der Waals surface area contributed by atoms with E-state index in [1.165, 1.54) is 21.9 Å². The molecule has 0 aromatic heterocycles. The van der Waals surface area contributed by atoms with Crippen LogP contribution in [0.3, 0.4) is 0 Å². The van der Waals surface area contributed by atoms with Gasteiger partial charge in [0.05, 0.1) is 11.4 Å². The molecule has 0 aliphatic carbocycles. The van der Waals surface area contributed by atoms with Gasteiger partial charge in [-0.3, -0.25) is 0 Å². The van der Waals surface area contributed by atoms with Gasteiger partial charge in [-0.25, -0.2) is 0 Å². The van der Waals surface area contributed by atoms with Crippen molar-refractivity contribution in [2.75, 3.05) is 17.7 Å². The number of allylic oxidation sites excluding steroid dienone is 1. The number of hydrogen-bond donors (Lipinski definition) is 0. The van der Waals surface area contributed by atoms with Crippen molar-refractivity contribution in [1.29, 1.82) is 0 Å². The Hall–Kier alpha value is -1.15. The van der Waals surface area contributed by atoms with E-state index in [2.05, 4.69) is 47.6 Å². The first-order valence-electron chi connectivity index (χ1n) is 4.73. The molecule has 0 spiro atoms. The summed E-state index contributed by atoms with van der Waals surface area (Å²) < 4.78 is 0. The van der Waals surface area contributed by atoms with Crippen molar-refractivity contribution in [3.05, 3.63) is 46.9 Å². The fraction of sp³-hybridized carbons (Fsp3) is 0.167. The number of nitrogens with zero attached hydrogens (tertiary/aromatic N) is 1. The highest BCUT2D eigenvalue weighted by Crippen LogP contribution is 2.47. The first kappa shape index (κ1) is 8.18. The molecule has 2 heterocycles. The van der Waals surface area contributed by atoms with Crippen molar-refractivity contribution in [3.8, 4) is 0 Å². The summed E-state index contributed by atoms with van der Waals surface area (Å²) in [4.78, 5) is 3.76. The maximum Gasteiger partial charge on any atom is 0.0646 e. The fourth-order valence-electron chi connectivity index (χ4n) is 2.09. The summed E-state index contributed by atoms with van der Waals surface area (Å²) >= 11 is 1.82. The maximum absolute atomic E-state index is 2.38. The molecule has 0 fully saturated rings. The summed E-state index contributed by atoms with van der Waals surface area (Å²) in [6.45, 7) is 1.02. The Balaban J connectivity index is 2.19. The van der Waals surface area contributed by atoms with Crippen LogP contribution >= 0.6 is 11.8 Å². The largest absolute Gasteiger partial charge is 0.336 e. The van der Waals surface area contributed by atoms with Crippen LogP contribution in [0.25, 0.3) is 5.70 Å². The van der Waals surface area contributed by atoms with Gasteiger partial charge in [-0.1, -0.05) is 24.3 Å². The van der Waals surface area contributed by atoms with Crippen molar-refractivity contribution >= 4 is 23.1 Å². The van der Waals surface area contributed by atoms with Crippen LogP contribution in [0.1, 0.15) is 5.56 Å². The van der Waals surface area contributed by atoms with Crippen molar-refractivity contribution in [1.82, 2.24) is 0 Å². The molecule has 0 unspecified atom stereocenters. The molecule has 1 nitrogen and oxygen atoms in total. The molecule has 2 aliphatic heterocycles. The summed E-state index contributed by atoms with van der Waals surface area (Å²) in [7, 11) is 0. The van der Waals surface area contributed by atoms with E-state index in [9.17, 15) is 0 Å². The number of fused-ring (bicyclic) bond motifs is 4. The lowest BCUT2D eigenvalue weighted by atomic mass is 9.96. The van der Waals surface area contributed by atoms with Crippen molar-refractivity contribution < 1.29 is 0 Å². The summed E-state index contributed by atoms with van der Waals surface area (Å²) in [5.41, 5.74) is 4.19. The predicted octanol–water partition coefficient (Wildman–Crippen LogP) is 3.11. The van der Waals surface area contributed by atoms with Crippen LogP contribution in [0.15, 0.2) is 41.3 Å². The lowest BCUT2D eigenvalue weighted by molar-refractivity contribution is 1.03. The number of para-hydroxylation sites is 1. The zero-order valence-corrected chi connectivity index (χ0v) is 8.84. The third-order valence-corrected chi connectivity index (χ3v) is 3.50. The predicted molar refractivity (Wildman–Crippen MR) is 63.4 cm³/mol. The molecule has 0 N–H and O–H groups in total. The number of anilines is 1. The van der Waals surface area contributed by atoms with Crippen LogP contribution in [0.5, 0.6) is 0 Å². The van der Waals surface area contributed by atoms with Gasteiger partial charge in [0, 0.05) is 17.0 Å². The van der Waals surface area contributed by atoms with Gasteiger partial charge >= 0.3 is 0 Å². The second kappa shape index (κ2) is 2.92. The molecule has 3 rings (SSSR count). The minimum Gasteiger partial charge on any atom is -0.336 e. The molecular formula is C12H11NS. The second-order valence-electron chi connectivity index (χ2n) is 3.45. The average Bonchev–Trinajstić information content (AvgIpc) is 2.24. The fourth-order valence-corrected chi connectivity index (χ4v) is 2.73. The van der Waals surface area contributed by atoms with E-state index in [-0.39, 0.29) is 0 Å². The molecule has 2 heteroatoms. The van der Waals surface area contributed by atoms with Gasteiger partial charge in [-0.15, -0.1) is 11.8 Å². The molecule has 0 bridgehead atoms. The number of rotatable bonds is 1. The Kier molecular flexibility index (Phi) is 1.71. The zero-order valence-electron chi connectivity index (χ0n) is 8.03. The minimum atomic E-state index is 1.02. The number of thioether (sulfide) groups is 1. The smallest absolute Gasteiger partial charge is 0.0646 e. The van der Waals surface area contributed by atoms with Gasteiger partial charge in [0.2, 0.25) is 0 Å². The molecule has 1 aromatic carbocycles. The molecule has 1 aromatic rings. The van der Waals surface area contributed by atoms with Crippen molar-refractivity contribution in [2.45, 2.75) is 0 Å². The molecule has 14 heavy (non-hydrogen) atoms. The molecule has 70 valence electrons. The lowest BCUT2D eigenvalue weighted by Crippen LogP contribution is -2.33. The Labute approximate surface area is 88.1 Å². The van der Waals surface area contributed by atoms with E-state index < -0.39 is 0 Å². The van der Waals surface area contributed by atoms with Gasteiger partial charge in [-0.05, 0) is 18.4 Å². The van der Waals surface area contributed by atoms with E-state index >= 15 is 0 Å². The first-order valence-corrected chi connectivity index (χ1v) is 5.96. The van der Waals surface area contributed by atoms with Crippen LogP contribution in [0, 0.1) is 0 Å². The minimum absolute atomic E-state index is 1.02. The van der Waals surface area contributed by atoms with Gasteiger partial charge in [0.25, 0.3) is 0 Å². The van der Waals surface area contributed by atoms with E-state index in [1.54, 1.807) is 0 Å². The van der Waals surface area contributed by atoms with Crippen LogP contribution in [0.2, 0.25) is 0 Å². The Morgan fingerprint density at radius 2 is 2.14 bits per heavy atom.